The molecule has 1 N–H and O–H groups in total. The lowest BCUT2D eigenvalue weighted by Crippen LogP contribution is -2.53. The van der Waals surface area contributed by atoms with E-state index in [4.69, 9.17) is 5.11 Å². The van der Waals surface area contributed by atoms with E-state index >= 15 is 0 Å². The van der Waals surface area contributed by atoms with Gasteiger partial charge in [0.2, 0.25) is 5.91 Å². The summed E-state index contributed by atoms with van der Waals surface area (Å²) in [6.45, 7) is 3.85. The van der Waals surface area contributed by atoms with Crippen LogP contribution in [0.2, 0.25) is 0 Å². The van der Waals surface area contributed by atoms with E-state index in [1.54, 1.807) is 0 Å². The maximum Gasteiger partial charge on any atom is 0.306 e. The third-order valence-electron chi connectivity index (χ3n) is 5.03. The first-order valence-corrected chi connectivity index (χ1v) is 7.41. The van der Waals surface area contributed by atoms with Crippen molar-refractivity contribution in [2.24, 2.45) is 11.8 Å². The normalized spacial score (nSPS) is 35.4. The van der Waals surface area contributed by atoms with Gasteiger partial charge in [-0.25, -0.2) is 0 Å². The average Bonchev–Trinajstić information content (AvgIpc) is 3.06. The van der Waals surface area contributed by atoms with Gasteiger partial charge in [0.1, 0.15) is 0 Å². The van der Waals surface area contributed by atoms with Crippen LogP contribution in [-0.2, 0) is 9.59 Å². The third kappa shape index (κ3) is 2.48. The molecule has 1 saturated carbocycles. The van der Waals surface area contributed by atoms with E-state index in [1.165, 1.54) is 19.4 Å². The van der Waals surface area contributed by atoms with Gasteiger partial charge in [-0.2, -0.15) is 0 Å². The van der Waals surface area contributed by atoms with Crippen LogP contribution in [-0.4, -0.2) is 59.0 Å². The van der Waals surface area contributed by atoms with Crippen molar-refractivity contribution in [2.75, 3.05) is 26.2 Å². The number of hydrogen-bond acceptors (Lipinski definition) is 3. The third-order valence-corrected chi connectivity index (χ3v) is 5.03. The van der Waals surface area contributed by atoms with E-state index in [0.29, 0.717) is 18.9 Å². The Hall–Kier alpha value is -1.10. The fourth-order valence-electron chi connectivity index (χ4n) is 3.88. The number of nitrogens with zero attached hydrogens (tertiary/aromatic N) is 2. The lowest BCUT2D eigenvalue weighted by atomic mass is 10.0. The first-order chi connectivity index (χ1) is 9.15. The van der Waals surface area contributed by atoms with Crippen LogP contribution in [0.5, 0.6) is 0 Å². The summed E-state index contributed by atoms with van der Waals surface area (Å²) in [4.78, 5) is 27.9. The molecule has 3 atom stereocenters. The molecule has 19 heavy (non-hydrogen) atoms. The zero-order valence-corrected chi connectivity index (χ0v) is 11.3. The molecule has 0 aromatic heterocycles. The van der Waals surface area contributed by atoms with Gasteiger partial charge in [0.15, 0.2) is 0 Å². The van der Waals surface area contributed by atoms with Gasteiger partial charge in [0, 0.05) is 31.6 Å². The van der Waals surface area contributed by atoms with E-state index in [2.05, 4.69) is 4.90 Å². The largest absolute Gasteiger partial charge is 0.481 e. The molecule has 0 bridgehead atoms. The van der Waals surface area contributed by atoms with E-state index < -0.39 is 5.97 Å². The van der Waals surface area contributed by atoms with E-state index in [0.717, 1.165) is 26.1 Å². The Morgan fingerprint density at radius 1 is 1.00 bits per heavy atom. The number of carboxylic acids is 1. The summed E-state index contributed by atoms with van der Waals surface area (Å²) in [5.41, 5.74) is 0. The van der Waals surface area contributed by atoms with Crippen LogP contribution < -0.4 is 0 Å². The highest BCUT2D eigenvalue weighted by molar-refractivity contribution is 5.81. The number of fused-ring (bicyclic) bond motifs is 1. The second-order valence-electron chi connectivity index (χ2n) is 6.16. The molecular weight excluding hydrogens is 244 g/mol. The predicted octanol–water partition coefficient (Wildman–Crippen LogP) is 0.794. The highest BCUT2D eigenvalue weighted by atomic mass is 16.4. The first kappa shape index (κ1) is 12.9. The van der Waals surface area contributed by atoms with Crippen LogP contribution in [0.3, 0.4) is 0 Å². The molecule has 2 heterocycles. The van der Waals surface area contributed by atoms with Gasteiger partial charge < -0.3 is 10.0 Å². The molecule has 1 amide bonds. The Balaban J connectivity index is 1.57. The second kappa shape index (κ2) is 5.12. The summed E-state index contributed by atoms with van der Waals surface area (Å²) in [6.07, 6.45) is 4.40. The molecule has 3 fully saturated rings. The predicted molar refractivity (Wildman–Crippen MR) is 69.6 cm³/mol. The molecule has 106 valence electrons. The number of carbonyl (C=O) groups is 2. The number of hydrogen-bond donors (Lipinski definition) is 1. The number of piperazine rings is 1. The lowest BCUT2D eigenvalue weighted by Gasteiger charge is -2.38. The Morgan fingerprint density at radius 3 is 2.53 bits per heavy atom. The Kier molecular flexibility index (Phi) is 3.48. The number of carbonyl (C=O) groups excluding carboxylic acids is 1. The second-order valence-corrected chi connectivity index (χ2v) is 6.16. The molecule has 0 spiro atoms. The fraction of sp³-hybridized carbons (Fsp3) is 0.857. The summed E-state index contributed by atoms with van der Waals surface area (Å²) >= 11 is 0. The zero-order chi connectivity index (χ0) is 13.4. The molecule has 3 unspecified atom stereocenters. The van der Waals surface area contributed by atoms with Crippen molar-refractivity contribution in [3.05, 3.63) is 0 Å². The molecule has 2 saturated heterocycles. The SMILES string of the molecule is O=C(O)C1CCC(C(=O)N2CCN3CCCC3C2)C1. The molecule has 2 aliphatic heterocycles. The molecule has 3 rings (SSSR count). The molecule has 0 aromatic carbocycles. The Bertz CT molecular complexity index is 385. The van der Waals surface area contributed by atoms with Crippen molar-refractivity contribution in [3.8, 4) is 0 Å². The van der Waals surface area contributed by atoms with Gasteiger partial charge in [-0.15, -0.1) is 0 Å². The Labute approximate surface area is 113 Å². The maximum absolute atomic E-state index is 12.5. The van der Waals surface area contributed by atoms with Crippen molar-refractivity contribution in [1.82, 2.24) is 9.80 Å². The number of aliphatic carboxylic acids is 1. The van der Waals surface area contributed by atoms with Crippen LogP contribution in [0.25, 0.3) is 0 Å². The topological polar surface area (TPSA) is 60.9 Å². The van der Waals surface area contributed by atoms with Crippen LogP contribution in [0.1, 0.15) is 32.1 Å². The van der Waals surface area contributed by atoms with Crippen LogP contribution in [0.15, 0.2) is 0 Å². The molecule has 0 aromatic rings. The van der Waals surface area contributed by atoms with Gasteiger partial charge in [-0.3, -0.25) is 14.5 Å². The molecular formula is C14H22N2O3. The molecule has 5 heteroatoms. The fourth-order valence-corrected chi connectivity index (χ4v) is 3.88. The molecule has 3 aliphatic rings. The quantitative estimate of drug-likeness (QED) is 0.803. The van der Waals surface area contributed by atoms with Crippen molar-refractivity contribution in [1.29, 1.82) is 0 Å². The van der Waals surface area contributed by atoms with Gasteiger partial charge in [-0.1, -0.05) is 0 Å². The minimum absolute atomic E-state index is 0.0472. The average molecular weight is 266 g/mol. The molecule has 5 nitrogen and oxygen atoms in total. The summed E-state index contributed by atoms with van der Waals surface area (Å²) in [6, 6.07) is 0.550. The van der Waals surface area contributed by atoms with Gasteiger partial charge >= 0.3 is 5.97 Å². The summed E-state index contributed by atoms with van der Waals surface area (Å²) < 4.78 is 0. The van der Waals surface area contributed by atoms with Gasteiger partial charge in [-0.05, 0) is 38.6 Å². The Morgan fingerprint density at radius 2 is 1.79 bits per heavy atom. The van der Waals surface area contributed by atoms with E-state index in [1.807, 2.05) is 4.90 Å². The van der Waals surface area contributed by atoms with E-state index in [9.17, 15) is 9.59 Å². The van der Waals surface area contributed by atoms with Crippen LogP contribution in [0, 0.1) is 11.8 Å². The first-order valence-electron chi connectivity index (χ1n) is 7.41. The van der Waals surface area contributed by atoms with E-state index in [-0.39, 0.29) is 17.7 Å². The van der Waals surface area contributed by atoms with Crippen molar-refractivity contribution < 1.29 is 14.7 Å². The van der Waals surface area contributed by atoms with Gasteiger partial charge in [0.05, 0.1) is 5.92 Å². The standard InChI is InChI=1S/C14H22N2O3/c17-13(10-3-4-11(8-10)14(18)19)16-7-6-15-5-1-2-12(15)9-16/h10-12H,1-9H2,(H,18,19). The van der Waals surface area contributed by atoms with Gasteiger partial charge in [0.25, 0.3) is 0 Å². The maximum atomic E-state index is 12.5. The molecule has 1 aliphatic carbocycles. The minimum atomic E-state index is -0.740. The minimum Gasteiger partial charge on any atom is -0.481 e. The summed E-state index contributed by atoms with van der Waals surface area (Å²) in [5, 5.41) is 9.01. The highest BCUT2D eigenvalue weighted by Crippen LogP contribution is 2.33. The lowest BCUT2D eigenvalue weighted by molar-refractivity contribution is -0.142. The zero-order valence-electron chi connectivity index (χ0n) is 11.3. The van der Waals surface area contributed by atoms with Crippen molar-refractivity contribution >= 4 is 11.9 Å². The summed E-state index contributed by atoms with van der Waals surface area (Å²) in [5.74, 6) is -0.887. The summed E-state index contributed by atoms with van der Waals surface area (Å²) in [7, 11) is 0. The van der Waals surface area contributed by atoms with Crippen molar-refractivity contribution in [3.63, 3.8) is 0 Å². The molecule has 0 radical (unpaired) electrons. The highest BCUT2D eigenvalue weighted by Gasteiger charge is 2.39. The van der Waals surface area contributed by atoms with Crippen molar-refractivity contribution in [2.45, 2.75) is 38.1 Å². The van der Waals surface area contributed by atoms with Crippen LogP contribution >= 0.6 is 0 Å². The number of rotatable bonds is 2. The number of amides is 1. The monoisotopic (exact) mass is 266 g/mol. The number of carboxylic acid groups (broad SMARTS) is 1. The van der Waals surface area contributed by atoms with Crippen LogP contribution in [0.4, 0.5) is 0 Å². The smallest absolute Gasteiger partial charge is 0.306 e.